The molecule has 0 aromatic heterocycles. The van der Waals surface area contributed by atoms with Gasteiger partial charge in [-0.2, -0.15) is 0 Å². The molecule has 2 aliphatic heterocycles. The van der Waals surface area contributed by atoms with E-state index in [4.69, 9.17) is 9.47 Å². The summed E-state index contributed by atoms with van der Waals surface area (Å²) in [5.41, 5.74) is 4.79. The molecule has 1 unspecified atom stereocenters. The number of morpholine rings is 1. The summed E-state index contributed by atoms with van der Waals surface area (Å²) in [5, 5.41) is 3.90. The van der Waals surface area contributed by atoms with Crippen molar-refractivity contribution in [2.75, 3.05) is 41.5 Å². The number of hydrazine groups is 1. The number of esters is 1. The van der Waals surface area contributed by atoms with Crippen molar-refractivity contribution in [3.05, 3.63) is 54.1 Å². The third-order valence-electron chi connectivity index (χ3n) is 5.58. The van der Waals surface area contributed by atoms with Gasteiger partial charge in [-0.1, -0.05) is 0 Å². The second kappa shape index (κ2) is 10.3. The smallest absolute Gasteiger partial charge is 0.338 e. The first-order valence-corrected chi connectivity index (χ1v) is 11.1. The maximum absolute atomic E-state index is 12.5. The molecule has 2 fully saturated rings. The van der Waals surface area contributed by atoms with Crippen LogP contribution in [0.1, 0.15) is 30.1 Å². The van der Waals surface area contributed by atoms with Gasteiger partial charge < -0.3 is 19.7 Å². The number of carbonyl (C=O) groups is 4. The fourth-order valence-corrected chi connectivity index (χ4v) is 3.63. The number of anilines is 3. The lowest BCUT2D eigenvalue weighted by molar-refractivity contribution is -0.130. The van der Waals surface area contributed by atoms with E-state index in [2.05, 4.69) is 15.6 Å². The highest BCUT2D eigenvalue weighted by Gasteiger charge is 2.25. The van der Waals surface area contributed by atoms with E-state index >= 15 is 0 Å². The Bertz CT molecular complexity index is 1060. The van der Waals surface area contributed by atoms with Gasteiger partial charge in [0.15, 0.2) is 6.10 Å². The van der Waals surface area contributed by atoms with Crippen molar-refractivity contribution >= 4 is 40.8 Å². The Morgan fingerprint density at radius 1 is 0.971 bits per heavy atom. The van der Waals surface area contributed by atoms with Gasteiger partial charge >= 0.3 is 5.97 Å². The maximum atomic E-state index is 12.5. The van der Waals surface area contributed by atoms with Gasteiger partial charge in [-0.05, 0) is 55.5 Å². The van der Waals surface area contributed by atoms with Gasteiger partial charge in [0.2, 0.25) is 11.8 Å². The van der Waals surface area contributed by atoms with Crippen molar-refractivity contribution in [3.63, 3.8) is 0 Å². The molecule has 10 heteroatoms. The number of nitrogens with zero attached hydrogens (tertiary/aromatic N) is 2. The molecule has 178 valence electrons. The van der Waals surface area contributed by atoms with E-state index in [1.54, 1.807) is 12.1 Å². The Balaban J connectivity index is 1.30. The van der Waals surface area contributed by atoms with Gasteiger partial charge in [0.05, 0.1) is 24.5 Å². The quantitative estimate of drug-likeness (QED) is 0.624. The van der Waals surface area contributed by atoms with E-state index in [9.17, 15) is 19.2 Å². The largest absolute Gasteiger partial charge is 0.449 e. The van der Waals surface area contributed by atoms with E-state index in [-0.39, 0.29) is 30.2 Å². The molecule has 34 heavy (non-hydrogen) atoms. The Kier molecular flexibility index (Phi) is 7.07. The number of hydrogen-bond donors (Lipinski definition) is 2. The van der Waals surface area contributed by atoms with Crippen LogP contribution in [-0.2, 0) is 23.9 Å². The standard InChI is InChI=1S/C24H26N4O6/c1-16(23(31)25-18-4-8-19(9-5-18)27-12-14-33-15-13-27)34-24(32)17-2-6-20(7-3-17)28-22(30)11-10-21(29)26-28/h2-9,16H,10-15H2,1H3,(H,25,31)(H,26,29). The van der Waals surface area contributed by atoms with Crippen LogP contribution >= 0.6 is 0 Å². The molecule has 4 rings (SSSR count). The zero-order valence-corrected chi connectivity index (χ0v) is 18.8. The van der Waals surface area contributed by atoms with E-state index in [0.717, 1.165) is 23.8 Å². The molecule has 10 nitrogen and oxygen atoms in total. The Morgan fingerprint density at radius 3 is 2.29 bits per heavy atom. The predicted molar refractivity (Wildman–Crippen MR) is 124 cm³/mol. The maximum Gasteiger partial charge on any atom is 0.338 e. The molecule has 0 bridgehead atoms. The highest BCUT2D eigenvalue weighted by atomic mass is 16.5. The number of benzene rings is 2. The SMILES string of the molecule is CC(OC(=O)c1ccc(N2NC(=O)CCC2=O)cc1)C(=O)Nc1ccc(N2CCOCC2)cc1. The fourth-order valence-electron chi connectivity index (χ4n) is 3.63. The van der Waals surface area contributed by atoms with Gasteiger partial charge in [0, 0.05) is 37.3 Å². The molecule has 2 saturated heterocycles. The number of rotatable bonds is 6. The minimum Gasteiger partial charge on any atom is -0.449 e. The van der Waals surface area contributed by atoms with Crippen LogP contribution in [-0.4, -0.2) is 56.1 Å². The van der Waals surface area contributed by atoms with Crippen molar-refractivity contribution in [1.82, 2.24) is 5.43 Å². The van der Waals surface area contributed by atoms with Crippen LogP contribution in [0.25, 0.3) is 0 Å². The van der Waals surface area contributed by atoms with E-state index in [1.807, 2.05) is 12.1 Å². The number of carbonyl (C=O) groups excluding carboxylic acids is 4. The third-order valence-corrected chi connectivity index (χ3v) is 5.58. The van der Waals surface area contributed by atoms with Crippen molar-refractivity contribution < 1.29 is 28.7 Å². The molecule has 2 aromatic carbocycles. The summed E-state index contributed by atoms with van der Waals surface area (Å²) >= 11 is 0. The molecule has 2 heterocycles. The summed E-state index contributed by atoms with van der Waals surface area (Å²) in [6.45, 7) is 4.52. The lowest BCUT2D eigenvalue weighted by atomic mass is 10.1. The summed E-state index contributed by atoms with van der Waals surface area (Å²) in [4.78, 5) is 50.7. The molecule has 1 atom stereocenters. The van der Waals surface area contributed by atoms with Crippen LogP contribution < -0.4 is 20.7 Å². The monoisotopic (exact) mass is 466 g/mol. The minimum absolute atomic E-state index is 0.123. The second-order valence-corrected chi connectivity index (χ2v) is 7.99. The van der Waals surface area contributed by atoms with Crippen molar-refractivity contribution in [2.24, 2.45) is 0 Å². The summed E-state index contributed by atoms with van der Waals surface area (Å²) < 4.78 is 10.6. The summed E-state index contributed by atoms with van der Waals surface area (Å²) in [6, 6.07) is 13.5. The van der Waals surface area contributed by atoms with Crippen LogP contribution in [0.3, 0.4) is 0 Å². The van der Waals surface area contributed by atoms with Gasteiger partial charge in [-0.3, -0.25) is 19.8 Å². The fraction of sp³-hybridized carbons (Fsp3) is 0.333. The lowest BCUT2D eigenvalue weighted by Crippen LogP contribution is -2.50. The molecule has 0 radical (unpaired) electrons. The summed E-state index contributed by atoms with van der Waals surface area (Å²) in [5.74, 6) is -1.62. The van der Waals surface area contributed by atoms with Gasteiger partial charge in [0.1, 0.15) is 0 Å². The molecule has 0 aliphatic carbocycles. The van der Waals surface area contributed by atoms with Crippen LogP contribution in [0, 0.1) is 0 Å². The third kappa shape index (κ3) is 5.52. The Morgan fingerprint density at radius 2 is 1.62 bits per heavy atom. The molecule has 0 spiro atoms. The highest BCUT2D eigenvalue weighted by molar-refractivity contribution is 6.02. The first-order chi connectivity index (χ1) is 16.4. The molecular formula is C24H26N4O6. The molecule has 2 N–H and O–H groups in total. The first-order valence-electron chi connectivity index (χ1n) is 11.1. The van der Waals surface area contributed by atoms with Crippen molar-refractivity contribution in [2.45, 2.75) is 25.9 Å². The van der Waals surface area contributed by atoms with E-state index in [1.165, 1.54) is 31.2 Å². The minimum atomic E-state index is -1.02. The molecule has 0 saturated carbocycles. The number of nitrogens with one attached hydrogen (secondary N) is 2. The van der Waals surface area contributed by atoms with Crippen molar-refractivity contribution in [1.29, 1.82) is 0 Å². The van der Waals surface area contributed by atoms with Crippen LogP contribution in [0.5, 0.6) is 0 Å². The summed E-state index contributed by atoms with van der Waals surface area (Å²) in [7, 11) is 0. The van der Waals surface area contributed by atoms with Gasteiger partial charge in [-0.15, -0.1) is 0 Å². The average molecular weight is 466 g/mol. The number of amides is 3. The second-order valence-electron chi connectivity index (χ2n) is 7.99. The molecule has 2 aliphatic rings. The number of ether oxygens (including phenoxy) is 2. The molecule has 2 aromatic rings. The predicted octanol–water partition coefficient (Wildman–Crippen LogP) is 1.87. The van der Waals surface area contributed by atoms with E-state index < -0.39 is 18.0 Å². The number of hydrogen-bond acceptors (Lipinski definition) is 7. The molecule has 3 amide bonds. The highest BCUT2D eigenvalue weighted by Crippen LogP contribution is 2.20. The molecular weight excluding hydrogens is 440 g/mol. The Hall–Kier alpha value is -3.92. The van der Waals surface area contributed by atoms with Gasteiger partial charge in [0.25, 0.3) is 5.91 Å². The normalized spacial score (nSPS) is 17.1. The zero-order valence-electron chi connectivity index (χ0n) is 18.8. The summed E-state index contributed by atoms with van der Waals surface area (Å²) in [6.07, 6.45) is -0.746. The average Bonchev–Trinajstić information content (AvgIpc) is 2.86. The van der Waals surface area contributed by atoms with Crippen molar-refractivity contribution in [3.8, 4) is 0 Å². The van der Waals surface area contributed by atoms with Crippen LogP contribution in [0.15, 0.2) is 48.5 Å². The Labute approximate surface area is 196 Å². The zero-order chi connectivity index (χ0) is 24.1. The van der Waals surface area contributed by atoms with E-state index in [0.29, 0.717) is 24.6 Å². The first kappa shape index (κ1) is 23.2. The lowest BCUT2D eigenvalue weighted by Gasteiger charge is -2.28. The van der Waals surface area contributed by atoms with Gasteiger partial charge in [-0.25, -0.2) is 9.80 Å². The van der Waals surface area contributed by atoms with Crippen LogP contribution in [0.4, 0.5) is 17.1 Å². The van der Waals surface area contributed by atoms with Crippen LogP contribution in [0.2, 0.25) is 0 Å². The topological polar surface area (TPSA) is 117 Å².